The van der Waals surface area contributed by atoms with Crippen molar-refractivity contribution < 1.29 is 13.6 Å². The van der Waals surface area contributed by atoms with E-state index in [1.807, 2.05) is 0 Å². The molecule has 0 bridgehead atoms. The molecule has 0 atom stereocenters. The van der Waals surface area contributed by atoms with E-state index >= 15 is 0 Å². The predicted molar refractivity (Wildman–Crippen MR) is 94.6 cm³/mol. The van der Waals surface area contributed by atoms with Crippen LogP contribution in [0.2, 0.25) is 0 Å². The van der Waals surface area contributed by atoms with Crippen molar-refractivity contribution in [2.75, 3.05) is 5.32 Å². The van der Waals surface area contributed by atoms with Crippen LogP contribution in [0.25, 0.3) is 17.0 Å². The average Bonchev–Trinajstić information content (AvgIpc) is 3.06. The third-order valence-electron chi connectivity index (χ3n) is 3.06. The molecule has 24 heavy (non-hydrogen) atoms. The topological polar surface area (TPSA) is 84.5 Å². The van der Waals surface area contributed by atoms with Crippen molar-refractivity contribution in [3.63, 3.8) is 0 Å². The van der Waals surface area contributed by atoms with Crippen LogP contribution in [-0.4, -0.2) is 11.0 Å². The molecule has 3 rings (SSSR count). The SMILES string of the molecule is O=C(/C=C/c1ccco1)NC(=S)Nc1ccc2oc(=O)ccc2c1. The molecule has 1 amide bonds. The van der Waals surface area contributed by atoms with Crippen LogP contribution in [-0.2, 0) is 4.79 Å². The Morgan fingerprint density at radius 3 is 2.83 bits per heavy atom. The number of furan rings is 1. The van der Waals surface area contributed by atoms with E-state index in [1.165, 1.54) is 24.5 Å². The maximum absolute atomic E-state index is 11.8. The van der Waals surface area contributed by atoms with Gasteiger partial charge in [-0.15, -0.1) is 0 Å². The van der Waals surface area contributed by atoms with Gasteiger partial charge >= 0.3 is 5.63 Å². The number of hydrogen-bond acceptors (Lipinski definition) is 5. The van der Waals surface area contributed by atoms with E-state index in [-0.39, 0.29) is 11.0 Å². The van der Waals surface area contributed by atoms with Gasteiger partial charge in [0.15, 0.2) is 5.11 Å². The number of carbonyl (C=O) groups is 1. The van der Waals surface area contributed by atoms with Crippen molar-refractivity contribution >= 4 is 46.0 Å². The highest BCUT2D eigenvalue weighted by atomic mass is 32.1. The molecule has 0 unspecified atom stereocenters. The zero-order valence-corrected chi connectivity index (χ0v) is 13.1. The van der Waals surface area contributed by atoms with Crippen LogP contribution in [0.4, 0.5) is 5.69 Å². The molecular formula is C17H12N2O4S. The predicted octanol–water partition coefficient (Wildman–Crippen LogP) is 2.91. The van der Waals surface area contributed by atoms with E-state index in [9.17, 15) is 9.59 Å². The monoisotopic (exact) mass is 340 g/mol. The molecule has 0 saturated carbocycles. The molecule has 3 aromatic rings. The van der Waals surface area contributed by atoms with Gasteiger partial charge in [-0.3, -0.25) is 10.1 Å². The standard InChI is InChI=1S/C17H12N2O4S/c20-15(7-5-13-2-1-9-22-13)19-17(24)18-12-4-6-14-11(10-12)3-8-16(21)23-14/h1-10H,(H2,18,19,20,24)/b7-5+. The molecule has 2 heterocycles. The summed E-state index contributed by atoms with van der Waals surface area (Å²) in [4.78, 5) is 22.9. The van der Waals surface area contributed by atoms with Crippen LogP contribution in [0, 0.1) is 0 Å². The van der Waals surface area contributed by atoms with E-state index in [0.29, 0.717) is 17.0 Å². The smallest absolute Gasteiger partial charge is 0.336 e. The van der Waals surface area contributed by atoms with Crippen LogP contribution in [0.5, 0.6) is 0 Å². The molecule has 6 nitrogen and oxygen atoms in total. The fourth-order valence-corrected chi connectivity index (χ4v) is 2.23. The summed E-state index contributed by atoms with van der Waals surface area (Å²) in [5.74, 6) is 0.190. The van der Waals surface area contributed by atoms with Gasteiger partial charge < -0.3 is 14.2 Å². The van der Waals surface area contributed by atoms with E-state index in [2.05, 4.69) is 10.6 Å². The van der Waals surface area contributed by atoms with Crippen molar-refractivity contribution in [1.82, 2.24) is 5.32 Å². The molecule has 2 aromatic heterocycles. The lowest BCUT2D eigenvalue weighted by atomic mass is 10.2. The Balaban J connectivity index is 1.63. The number of amides is 1. The lowest BCUT2D eigenvalue weighted by Crippen LogP contribution is -2.32. The first-order valence-corrected chi connectivity index (χ1v) is 7.38. The van der Waals surface area contributed by atoms with Gasteiger partial charge in [0.25, 0.3) is 0 Å². The second-order valence-corrected chi connectivity index (χ2v) is 5.21. The van der Waals surface area contributed by atoms with Gasteiger partial charge in [0, 0.05) is 23.2 Å². The first-order valence-electron chi connectivity index (χ1n) is 6.98. The summed E-state index contributed by atoms with van der Waals surface area (Å²) in [6, 6.07) is 11.6. The van der Waals surface area contributed by atoms with Crippen LogP contribution < -0.4 is 16.3 Å². The largest absolute Gasteiger partial charge is 0.465 e. The number of anilines is 1. The zero-order chi connectivity index (χ0) is 16.9. The van der Waals surface area contributed by atoms with Crippen molar-refractivity contribution in [3.8, 4) is 0 Å². The Kier molecular flexibility index (Phi) is 4.53. The highest BCUT2D eigenvalue weighted by Gasteiger charge is 2.04. The van der Waals surface area contributed by atoms with Crippen molar-refractivity contribution in [1.29, 1.82) is 0 Å². The van der Waals surface area contributed by atoms with Gasteiger partial charge in [-0.2, -0.15) is 0 Å². The fourth-order valence-electron chi connectivity index (χ4n) is 2.01. The number of hydrogen-bond donors (Lipinski definition) is 2. The molecular weight excluding hydrogens is 328 g/mol. The lowest BCUT2D eigenvalue weighted by molar-refractivity contribution is -0.115. The number of rotatable bonds is 3. The number of benzene rings is 1. The Morgan fingerprint density at radius 1 is 1.17 bits per heavy atom. The maximum Gasteiger partial charge on any atom is 0.336 e. The molecule has 7 heteroatoms. The van der Waals surface area contributed by atoms with Crippen LogP contribution >= 0.6 is 12.2 Å². The van der Waals surface area contributed by atoms with E-state index in [1.54, 1.807) is 36.4 Å². The molecule has 0 spiro atoms. The number of carbonyl (C=O) groups excluding carboxylic acids is 1. The van der Waals surface area contributed by atoms with E-state index in [0.717, 1.165) is 5.39 Å². The van der Waals surface area contributed by atoms with Gasteiger partial charge in [0.05, 0.1) is 6.26 Å². The number of thiocarbonyl (C=S) groups is 1. The molecule has 0 fully saturated rings. The number of nitrogens with one attached hydrogen (secondary N) is 2. The zero-order valence-electron chi connectivity index (χ0n) is 12.3. The summed E-state index contributed by atoms with van der Waals surface area (Å²) >= 11 is 5.10. The maximum atomic E-state index is 11.8. The quantitative estimate of drug-likeness (QED) is 0.433. The summed E-state index contributed by atoms with van der Waals surface area (Å²) < 4.78 is 10.1. The summed E-state index contributed by atoms with van der Waals surface area (Å²) in [6.07, 6.45) is 4.38. The van der Waals surface area contributed by atoms with Gasteiger partial charge in [0.2, 0.25) is 5.91 Å². The molecule has 1 aromatic carbocycles. The van der Waals surface area contributed by atoms with Crippen LogP contribution in [0.3, 0.4) is 0 Å². The third-order valence-corrected chi connectivity index (χ3v) is 3.26. The Labute approximate surface area is 141 Å². The molecule has 0 aliphatic rings. The summed E-state index contributed by atoms with van der Waals surface area (Å²) in [5.41, 5.74) is 0.732. The minimum absolute atomic E-state index is 0.154. The molecule has 120 valence electrons. The molecule has 0 aliphatic carbocycles. The first kappa shape index (κ1) is 15.7. The second kappa shape index (κ2) is 6.93. The van der Waals surface area contributed by atoms with Gasteiger partial charge in [-0.25, -0.2) is 4.79 Å². The molecule has 0 aliphatic heterocycles. The first-order chi connectivity index (χ1) is 11.6. The third kappa shape index (κ3) is 3.96. The summed E-state index contributed by atoms with van der Waals surface area (Å²) in [5, 5.41) is 6.32. The number of fused-ring (bicyclic) bond motifs is 1. The molecule has 2 N–H and O–H groups in total. The Bertz CT molecular complexity index is 974. The van der Waals surface area contributed by atoms with Crippen molar-refractivity contribution in [3.05, 3.63) is 71.0 Å². The van der Waals surface area contributed by atoms with Gasteiger partial charge in [0.1, 0.15) is 11.3 Å². The molecule has 0 radical (unpaired) electrons. The van der Waals surface area contributed by atoms with Crippen LogP contribution in [0.1, 0.15) is 5.76 Å². The fraction of sp³-hybridized carbons (Fsp3) is 0. The van der Waals surface area contributed by atoms with E-state index in [4.69, 9.17) is 21.1 Å². The van der Waals surface area contributed by atoms with Crippen molar-refractivity contribution in [2.24, 2.45) is 0 Å². The summed E-state index contributed by atoms with van der Waals surface area (Å²) in [6.45, 7) is 0. The molecule has 0 saturated heterocycles. The van der Waals surface area contributed by atoms with Crippen molar-refractivity contribution in [2.45, 2.75) is 0 Å². The summed E-state index contributed by atoms with van der Waals surface area (Å²) in [7, 11) is 0. The van der Waals surface area contributed by atoms with Gasteiger partial charge in [-0.05, 0) is 54.7 Å². The minimum Gasteiger partial charge on any atom is -0.465 e. The average molecular weight is 340 g/mol. The minimum atomic E-state index is -0.408. The van der Waals surface area contributed by atoms with Crippen LogP contribution in [0.15, 0.2) is 68.4 Å². The Morgan fingerprint density at radius 2 is 2.04 bits per heavy atom. The highest BCUT2D eigenvalue weighted by molar-refractivity contribution is 7.80. The highest BCUT2D eigenvalue weighted by Crippen LogP contribution is 2.17. The lowest BCUT2D eigenvalue weighted by Gasteiger charge is -2.08. The normalized spacial score (nSPS) is 10.8. The Hall–Kier alpha value is -3.19. The van der Waals surface area contributed by atoms with E-state index < -0.39 is 5.63 Å². The van der Waals surface area contributed by atoms with Gasteiger partial charge in [-0.1, -0.05) is 0 Å². The second-order valence-electron chi connectivity index (χ2n) is 4.80.